The number of amides is 1. The molecule has 0 aliphatic carbocycles. The summed E-state index contributed by atoms with van der Waals surface area (Å²) in [6.45, 7) is 0.370. The van der Waals surface area contributed by atoms with Crippen LogP contribution in [-0.4, -0.2) is 16.0 Å². The molecule has 0 radical (unpaired) electrons. The summed E-state index contributed by atoms with van der Waals surface area (Å²) >= 11 is 6.36. The lowest BCUT2D eigenvalue weighted by Gasteiger charge is -2.19. The lowest BCUT2D eigenvalue weighted by atomic mass is 9.88. The quantitative estimate of drug-likeness (QED) is 0.684. The first-order chi connectivity index (χ1) is 12.6. The summed E-state index contributed by atoms with van der Waals surface area (Å²) in [6, 6.07) is 20.0. The van der Waals surface area contributed by atoms with Crippen molar-refractivity contribution in [3.8, 4) is 5.75 Å². The van der Waals surface area contributed by atoms with Crippen LogP contribution in [0.4, 0.5) is 0 Å². The van der Waals surface area contributed by atoms with Gasteiger partial charge in [-0.05, 0) is 41.5 Å². The first-order valence-electron chi connectivity index (χ1n) is 8.33. The average molecular weight is 367 g/mol. The molecule has 0 aliphatic rings. The number of nitrogens with one attached hydrogen (secondary N) is 1. The Kier molecular flexibility index (Phi) is 5.87. The summed E-state index contributed by atoms with van der Waals surface area (Å²) < 4.78 is 0. The van der Waals surface area contributed by atoms with Gasteiger partial charge in [0.1, 0.15) is 5.75 Å². The zero-order valence-electron chi connectivity index (χ0n) is 14.1. The highest BCUT2D eigenvalue weighted by Gasteiger charge is 2.21. The van der Waals surface area contributed by atoms with Crippen LogP contribution in [-0.2, 0) is 11.3 Å². The molecule has 26 heavy (non-hydrogen) atoms. The average Bonchev–Trinajstić information content (AvgIpc) is 2.66. The Bertz CT molecular complexity index is 884. The van der Waals surface area contributed by atoms with Gasteiger partial charge in [-0.2, -0.15) is 0 Å². The molecule has 3 aromatic rings. The van der Waals surface area contributed by atoms with Gasteiger partial charge >= 0.3 is 0 Å². The van der Waals surface area contributed by atoms with Crippen LogP contribution in [0.1, 0.15) is 29.2 Å². The SMILES string of the molecule is O=C(CC(c1cccc(O)c1)c1ccccc1Cl)NCc1ccccn1. The van der Waals surface area contributed by atoms with E-state index in [1.54, 1.807) is 30.5 Å². The number of carbonyl (C=O) groups is 1. The van der Waals surface area contributed by atoms with Crippen LogP contribution < -0.4 is 5.32 Å². The van der Waals surface area contributed by atoms with E-state index in [2.05, 4.69) is 10.3 Å². The molecule has 3 rings (SSSR count). The van der Waals surface area contributed by atoms with Crippen molar-refractivity contribution in [3.05, 3.63) is 94.8 Å². The largest absolute Gasteiger partial charge is 0.508 e. The number of rotatable bonds is 6. The molecule has 1 amide bonds. The van der Waals surface area contributed by atoms with Crippen LogP contribution in [0.25, 0.3) is 0 Å². The molecule has 1 atom stereocenters. The van der Waals surface area contributed by atoms with Crippen molar-refractivity contribution in [2.75, 3.05) is 0 Å². The molecule has 1 aromatic heterocycles. The second-order valence-electron chi connectivity index (χ2n) is 5.97. The van der Waals surface area contributed by atoms with E-state index in [-0.39, 0.29) is 24.0 Å². The van der Waals surface area contributed by atoms with E-state index in [1.165, 1.54) is 0 Å². The highest BCUT2D eigenvalue weighted by molar-refractivity contribution is 6.31. The second kappa shape index (κ2) is 8.50. The Hall–Kier alpha value is -2.85. The van der Waals surface area contributed by atoms with Gasteiger partial charge in [-0.15, -0.1) is 0 Å². The molecule has 0 fully saturated rings. The number of phenols is 1. The fourth-order valence-electron chi connectivity index (χ4n) is 2.86. The van der Waals surface area contributed by atoms with Crippen LogP contribution in [0.2, 0.25) is 5.02 Å². The Balaban J connectivity index is 1.80. The standard InChI is InChI=1S/C21H19ClN2O2/c22-20-10-2-1-9-18(20)19(15-6-5-8-17(25)12-15)13-21(26)24-14-16-7-3-4-11-23-16/h1-12,19,25H,13-14H2,(H,24,26). The minimum atomic E-state index is -0.250. The Labute approximate surface area is 157 Å². The molecule has 1 heterocycles. The van der Waals surface area contributed by atoms with Gasteiger partial charge in [0.2, 0.25) is 5.91 Å². The van der Waals surface area contributed by atoms with Crippen molar-refractivity contribution in [3.63, 3.8) is 0 Å². The minimum absolute atomic E-state index is 0.107. The zero-order chi connectivity index (χ0) is 18.4. The number of hydrogen-bond acceptors (Lipinski definition) is 3. The van der Waals surface area contributed by atoms with Gasteiger partial charge in [-0.1, -0.05) is 48.0 Å². The maximum Gasteiger partial charge on any atom is 0.221 e. The van der Waals surface area contributed by atoms with Crippen molar-refractivity contribution in [2.45, 2.75) is 18.9 Å². The van der Waals surface area contributed by atoms with E-state index in [4.69, 9.17) is 11.6 Å². The lowest BCUT2D eigenvalue weighted by molar-refractivity contribution is -0.121. The third kappa shape index (κ3) is 4.61. The Morgan fingerprint density at radius 2 is 1.88 bits per heavy atom. The van der Waals surface area contributed by atoms with Gasteiger partial charge in [0, 0.05) is 23.6 Å². The van der Waals surface area contributed by atoms with Crippen molar-refractivity contribution < 1.29 is 9.90 Å². The second-order valence-corrected chi connectivity index (χ2v) is 6.38. The third-order valence-electron chi connectivity index (χ3n) is 4.14. The van der Waals surface area contributed by atoms with Gasteiger partial charge in [0.25, 0.3) is 0 Å². The summed E-state index contributed by atoms with van der Waals surface area (Å²) in [5.41, 5.74) is 2.49. The summed E-state index contributed by atoms with van der Waals surface area (Å²) in [6.07, 6.45) is 1.92. The van der Waals surface area contributed by atoms with Crippen LogP contribution in [0.15, 0.2) is 72.9 Å². The Morgan fingerprint density at radius 1 is 1.08 bits per heavy atom. The number of aromatic nitrogens is 1. The molecule has 2 N–H and O–H groups in total. The van der Waals surface area contributed by atoms with Gasteiger partial charge in [0.05, 0.1) is 12.2 Å². The maximum atomic E-state index is 12.5. The summed E-state index contributed by atoms with van der Waals surface area (Å²) in [4.78, 5) is 16.7. The number of carbonyl (C=O) groups excluding carboxylic acids is 1. The molecule has 132 valence electrons. The highest BCUT2D eigenvalue weighted by atomic mass is 35.5. The number of pyridine rings is 1. The van der Waals surface area contributed by atoms with Crippen molar-refractivity contribution in [1.29, 1.82) is 0 Å². The van der Waals surface area contributed by atoms with Crippen molar-refractivity contribution in [1.82, 2.24) is 10.3 Å². The number of nitrogens with zero attached hydrogens (tertiary/aromatic N) is 1. The number of halogens is 1. The van der Waals surface area contributed by atoms with Crippen LogP contribution >= 0.6 is 11.6 Å². The van der Waals surface area contributed by atoms with Gasteiger partial charge in [-0.3, -0.25) is 9.78 Å². The normalized spacial score (nSPS) is 11.7. The number of hydrogen-bond donors (Lipinski definition) is 2. The molecule has 0 spiro atoms. The molecule has 0 bridgehead atoms. The van der Waals surface area contributed by atoms with E-state index in [1.807, 2.05) is 42.5 Å². The smallest absolute Gasteiger partial charge is 0.221 e. The fraction of sp³-hybridized carbons (Fsp3) is 0.143. The van der Waals surface area contributed by atoms with E-state index >= 15 is 0 Å². The lowest BCUT2D eigenvalue weighted by Crippen LogP contribution is -2.25. The highest BCUT2D eigenvalue weighted by Crippen LogP contribution is 2.34. The molecule has 0 aliphatic heterocycles. The Morgan fingerprint density at radius 3 is 2.62 bits per heavy atom. The minimum Gasteiger partial charge on any atom is -0.508 e. The maximum absolute atomic E-state index is 12.5. The molecule has 0 saturated heterocycles. The van der Waals surface area contributed by atoms with E-state index in [0.29, 0.717) is 11.6 Å². The van der Waals surface area contributed by atoms with Crippen molar-refractivity contribution >= 4 is 17.5 Å². The van der Waals surface area contributed by atoms with Gasteiger partial charge < -0.3 is 10.4 Å². The van der Waals surface area contributed by atoms with E-state index in [0.717, 1.165) is 16.8 Å². The zero-order valence-corrected chi connectivity index (χ0v) is 14.9. The molecule has 5 heteroatoms. The molecular weight excluding hydrogens is 348 g/mol. The summed E-state index contributed by atoms with van der Waals surface area (Å²) in [5, 5.41) is 13.3. The molecule has 2 aromatic carbocycles. The molecular formula is C21H19ClN2O2. The topological polar surface area (TPSA) is 62.2 Å². The first-order valence-corrected chi connectivity index (χ1v) is 8.71. The van der Waals surface area contributed by atoms with E-state index < -0.39 is 0 Å². The van der Waals surface area contributed by atoms with Crippen molar-refractivity contribution in [2.24, 2.45) is 0 Å². The fourth-order valence-corrected chi connectivity index (χ4v) is 3.12. The van der Waals surface area contributed by atoms with E-state index in [9.17, 15) is 9.90 Å². The third-order valence-corrected chi connectivity index (χ3v) is 4.48. The van der Waals surface area contributed by atoms with Crippen LogP contribution in [0.5, 0.6) is 5.75 Å². The summed E-state index contributed by atoms with van der Waals surface area (Å²) in [5.74, 6) is -0.197. The predicted octanol–water partition coefficient (Wildman–Crippen LogP) is 4.28. The van der Waals surface area contributed by atoms with Gasteiger partial charge in [-0.25, -0.2) is 0 Å². The number of phenolic OH excluding ortho intramolecular Hbond substituents is 1. The molecule has 0 saturated carbocycles. The predicted molar refractivity (Wildman–Crippen MR) is 102 cm³/mol. The number of aromatic hydroxyl groups is 1. The van der Waals surface area contributed by atoms with Crippen LogP contribution in [0.3, 0.4) is 0 Å². The molecule has 1 unspecified atom stereocenters. The first kappa shape index (κ1) is 18.0. The van der Waals surface area contributed by atoms with Crippen LogP contribution in [0, 0.1) is 0 Å². The monoisotopic (exact) mass is 366 g/mol. The van der Waals surface area contributed by atoms with Gasteiger partial charge in [0.15, 0.2) is 0 Å². The summed E-state index contributed by atoms with van der Waals surface area (Å²) in [7, 11) is 0. The number of benzene rings is 2. The molecule has 4 nitrogen and oxygen atoms in total.